The molecule has 11 nitrogen and oxygen atoms in total. The fraction of sp³-hybridized carbons (Fsp3) is 0.533. The van der Waals surface area contributed by atoms with Crippen molar-refractivity contribution in [1.29, 1.82) is 0 Å². The van der Waals surface area contributed by atoms with Crippen LogP contribution in [0.2, 0.25) is 0 Å². The van der Waals surface area contributed by atoms with Crippen LogP contribution < -0.4 is 11.0 Å². The van der Waals surface area contributed by atoms with Crippen LogP contribution in [0.15, 0.2) is 17.1 Å². The number of ether oxygens (including phenoxy) is 3. The fourth-order valence-electron chi connectivity index (χ4n) is 2.59. The van der Waals surface area contributed by atoms with Gasteiger partial charge in [0.2, 0.25) is 5.91 Å². The second-order valence-corrected chi connectivity index (χ2v) is 5.58. The van der Waals surface area contributed by atoms with E-state index in [4.69, 9.17) is 14.2 Å². The number of nitrogens with one attached hydrogen (secondary N) is 1. The highest BCUT2D eigenvalue weighted by molar-refractivity contribution is 5.87. The van der Waals surface area contributed by atoms with Gasteiger partial charge in [-0.05, 0) is 6.07 Å². The van der Waals surface area contributed by atoms with Crippen molar-refractivity contribution >= 4 is 23.7 Å². The Morgan fingerprint density at radius 1 is 1.23 bits per heavy atom. The molecule has 0 aliphatic carbocycles. The maximum Gasteiger partial charge on any atom is 0.351 e. The summed E-state index contributed by atoms with van der Waals surface area (Å²) in [5.41, 5.74) is -0.793. The van der Waals surface area contributed by atoms with Crippen LogP contribution >= 0.6 is 0 Å². The number of hydrogen-bond acceptors (Lipinski definition) is 9. The third-order valence-electron chi connectivity index (χ3n) is 3.48. The summed E-state index contributed by atoms with van der Waals surface area (Å²) in [5, 5.41) is 11.8. The van der Waals surface area contributed by atoms with E-state index in [2.05, 4.69) is 10.3 Å². The molecule has 26 heavy (non-hydrogen) atoms. The Bertz CT molecular complexity index is 762. The maximum atomic E-state index is 12.3. The number of esters is 2. The van der Waals surface area contributed by atoms with Gasteiger partial charge in [0.25, 0.3) is 0 Å². The molecule has 4 atom stereocenters. The van der Waals surface area contributed by atoms with Crippen molar-refractivity contribution in [3.63, 3.8) is 0 Å². The number of aromatic nitrogens is 2. The van der Waals surface area contributed by atoms with E-state index in [0.29, 0.717) is 0 Å². The molecule has 1 aromatic heterocycles. The molecule has 0 spiro atoms. The third kappa shape index (κ3) is 4.43. The number of aliphatic hydroxyl groups is 1. The second-order valence-electron chi connectivity index (χ2n) is 5.58. The lowest BCUT2D eigenvalue weighted by molar-refractivity contribution is -0.165. The lowest BCUT2D eigenvalue weighted by Gasteiger charge is -2.23. The van der Waals surface area contributed by atoms with Crippen LogP contribution in [-0.2, 0) is 28.6 Å². The monoisotopic (exact) mass is 369 g/mol. The molecular formula is C15H19N3O8. The summed E-state index contributed by atoms with van der Waals surface area (Å²) in [6.07, 6.45) is -3.17. The highest BCUT2D eigenvalue weighted by Gasteiger charge is 2.50. The Hall–Kier alpha value is -2.79. The molecule has 0 radical (unpaired) electrons. The van der Waals surface area contributed by atoms with Crippen molar-refractivity contribution in [3.05, 3.63) is 22.7 Å². The largest absolute Gasteiger partial charge is 0.456 e. The first-order valence-electron chi connectivity index (χ1n) is 7.70. The van der Waals surface area contributed by atoms with Gasteiger partial charge in [-0.1, -0.05) is 0 Å². The average molecular weight is 369 g/mol. The van der Waals surface area contributed by atoms with E-state index < -0.39 is 54.7 Å². The standard InChI is InChI=1S/C15H19N3O8/c1-7(20)16-11-4-5-18(15(23)17-11)14-13(25-9(3)22)12(24-8(2)21)10(6-19)26-14/h4-5,10,12-14,19H,6H2,1-3H3,(H,16,17,20,23)/t10-,12-,13+,14-/m1/s1. The maximum absolute atomic E-state index is 12.3. The Labute approximate surface area is 147 Å². The number of hydrogen-bond donors (Lipinski definition) is 2. The second kappa shape index (κ2) is 8.06. The van der Waals surface area contributed by atoms with Crippen molar-refractivity contribution in [1.82, 2.24) is 9.55 Å². The van der Waals surface area contributed by atoms with Crippen molar-refractivity contribution in [2.75, 3.05) is 11.9 Å². The van der Waals surface area contributed by atoms with Crippen LogP contribution in [0.4, 0.5) is 5.82 Å². The molecular weight excluding hydrogens is 350 g/mol. The van der Waals surface area contributed by atoms with Crippen LogP contribution in [0.5, 0.6) is 0 Å². The minimum Gasteiger partial charge on any atom is -0.456 e. The van der Waals surface area contributed by atoms with Gasteiger partial charge in [-0.15, -0.1) is 0 Å². The van der Waals surface area contributed by atoms with Crippen molar-refractivity contribution in [2.45, 2.75) is 45.3 Å². The summed E-state index contributed by atoms with van der Waals surface area (Å²) in [7, 11) is 0. The highest BCUT2D eigenvalue weighted by atomic mass is 16.6. The SMILES string of the molecule is CC(=O)Nc1ccn([C@@H]2O[C@H](CO)[C@@H](OC(C)=O)[C@@H]2OC(C)=O)c(=O)n1. The van der Waals surface area contributed by atoms with Gasteiger partial charge in [0.05, 0.1) is 6.61 Å². The van der Waals surface area contributed by atoms with E-state index in [9.17, 15) is 24.3 Å². The van der Waals surface area contributed by atoms with E-state index in [1.165, 1.54) is 19.2 Å². The van der Waals surface area contributed by atoms with Gasteiger partial charge >= 0.3 is 17.6 Å². The molecule has 142 valence electrons. The topological polar surface area (TPSA) is 146 Å². The number of carbonyl (C=O) groups excluding carboxylic acids is 3. The summed E-state index contributed by atoms with van der Waals surface area (Å²) in [6, 6.07) is 1.35. The van der Waals surface area contributed by atoms with Crippen molar-refractivity contribution in [2.24, 2.45) is 0 Å². The minimum absolute atomic E-state index is 0.0380. The number of carbonyl (C=O) groups is 3. The number of aliphatic hydroxyl groups excluding tert-OH is 1. The van der Waals surface area contributed by atoms with Crippen LogP contribution in [0.1, 0.15) is 27.0 Å². The summed E-state index contributed by atoms with van der Waals surface area (Å²) < 4.78 is 16.8. The number of amides is 1. The fourth-order valence-corrected chi connectivity index (χ4v) is 2.59. The molecule has 2 heterocycles. The molecule has 1 amide bonds. The van der Waals surface area contributed by atoms with Crippen LogP contribution in [0, 0.1) is 0 Å². The van der Waals surface area contributed by atoms with Gasteiger partial charge in [0, 0.05) is 27.0 Å². The first-order valence-corrected chi connectivity index (χ1v) is 7.70. The molecule has 1 aromatic rings. The smallest absolute Gasteiger partial charge is 0.351 e. The van der Waals surface area contributed by atoms with E-state index in [1.54, 1.807) is 0 Å². The Balaban J connectivity index is 2.38. The molecule has 1 saturated heterocycles. The molecule has 0 saturated carbocycles. The van der Waals surface area contributed by atoms with Gasteiger partial charge in [-0.3, -0.25) is 19.0 Å². The summed E-state index contributed by atoms with van der Waals surface area (Å²) in [6.45, 7) is 3.04. The zero-order valence-electron chi connectivity index (χ0n) is 14.4. The minimum atomic E-state index is -1.17. The molecule has 0 aromatic carbocycles. The highest BCUT2D eigenvalue weighted by Crippen LogP contribution is 2.33. The summed E-state index contributed by atoms with van der Waals surface area (Å²) in [4.78, 5) is 49.8. The zero-order chi connectivity index (χ0) is 19.4. The molecule has 2 rings (SSSR count). The first-order chi connectivity index (χ1) is 12.2. The summed E-state index contributed by atoms with van der Waals surface area (Å²) >= 11 is 0. The zero-order valence-corrected chi connectivity index (χ0v) is 14.4. The Morgan fingerprint density at radius 2 is 1.85 bits per heavy atom. The summed E-state index contributed by atoms with van der Waals surface area (Å²) in [5.74, 6) is -1.72. The van der Waals surface area contributed by atoms with E-state index in [-0.39, 0.29) is 5.82 Å². The van der Waals surface area contributed by atoms with Gasteiger partial charge in [-0.25, -0.2) is 4.79 Å². The molecule has 11 heteroatoms. The number of nitrogens with zero attached hydrogens (tertiary/aromatic N) is 2. The first kappa shape index (κ1) is 19.5. The lowest BCUT2D eigenvalue weighted by Crippen LogP contribution is -2.41. The van der Waals surface area contributed by atoms with E-state index >= 15 is 0 Å². The molecule has 1 aliphatic rings. The van der Waals surface area contributed by atoms with Crippen LogP contribution in [0.25, 0.3) is 0 Å². The van der Waals surface area contributed by atoms with Gasteiger partial charge in [-0.2, -0.15) is 4.98 Å². The van der Waals surface area contributed by atoms with Gasteiger partial charge < -0.3 is 24.6 Å². The van der Waals surface area contributed by atoms with Crippen molar-refractivity contribution < 1.29 is 33.7 Å². The average Bonchev–Trinajstić information content (AvgIpc) is 2.83. The number of rotatable bonds is 5. The quantitative estimate of drug-likeness (QED) is 0.621. The van der Waals surface area contributed by atoms with Crippen LogP contribution in [-0.4, -0.2) is 57.4 Å². The van der Waals surface area contributed by atoms with E-state index in [0.717, 1.165) is 18.4 Å². The molecule has 2 N–H and O–H groups in total. The van der Waals surface area contributed by atoms with Crippen LogP contribution in [0.3, 0.4) is 0 Å². The molecule has 0 unspecified atom stereocenters. The lowest BCUT2D eigenvalue weighted by atomic mass is 10.1. The third-order valence-corrected chi connectivity index (χ3v) is 3.48. The molecule has 1 aliphatic heterocycles. The van der Waals surface area contributed by atoms with Gasteiger partial charge in [0.15, 0.2) is 18.4 Å². The van der Waals surface area contributed by atoms with Gasteiger partial charge in [0.1, 0.15) is 11.9 Å². The molecule has 1 fully saturated rings. The predicted molar refractivity (Wildman–Crippen MR) is 84.9 cm³/mol. The number of anilines is 1. The van der Waals surface area contributed by atoms with Crippen molar-refractivity contribution in [3.8, 4) is 0 Å². The Morgan fingerprint density at radius 3 is 2.35 bits per heavy atom. The molecule has 0 bridgehead atoms. The Kier molecular flexibility index (Phi) is 6.05. The van der Waals surface area contributed by atoms with E-state index in [1.807, 2.05) is 0 Å². The normalized spacial score (nSPS) is 24.8. The predicted octanol–water partition coefficient (Wildman–Crippen LogP) is -1.05.